The van der Waals surface area contributed by atoms with Gasteiger partial charge >= 0.3 is 0 Å². The van der Waals surface area contributed by atoms with Gasteiger partial charge < -0.3 is 20.3 Å². The van der Waals surface area contributed by atoms with Crippen LogP contribution in [0.25, 0.3) is 0 Å². The molecule has 0 heterocycles. The number of phenols is 1. The van der Waals surface area contributed by atoms with Crippen molar-refractivity contribution in [3.63, 3.8) is 0 Å². The predicted molar refractivity (Wildman–Crippen MR) is 82.4 cm³/mol. The van der Waals surface area contributed by atoms with E-state index in [1.54, 1.807) is 6.07 Å². The number of aliphatic hydroxyl groups is 1. The number of rotatable bonds is 7. The van der Waals surface area contributed by atoms with E-state index in [0.717, 1.165) is 22.4 Å². The maximum absolute atomic E-state index is 9.81. The van der Waals surface area contributed by atoms with E-state index in [1.165, 1.54) is 0 Å². The molecular weight excluding hydrogens is 266 g/mol. The first kappa shape index (κ1) is 15.4. The van der Waals surface area contributed by atoms with Gasteiger partial charge in [0.2, 0.25) is 0 Å². The Balaban J connectivity index is 1.95. The van der Waals surface area contributed by atoms with Crippen LogP contribution in [-0.4, -0.2) is 23.4 Å². The highest BCUT2D eigenvalue weighted by Gasteiger charge is 2.04. The van der Waals surface area contributed by atoms with Crippen LogP contribution < -0.4 is 10.1 Å². The summed E-state index contributed by atoms with van der Waals surface area (Å²) in [4.78, 5) is 0. The number of ether oxygens (including phenoxy) is 1. The van der Waals surface area contributed by atoms with Crippen LogP contribution in [0, 0.1) is 6.92 Å². The lowest BCUT2D eigenvalue weighted by Crippen LogP contribution is -2.14. The average Bonchev–Trinajstić information content (AvgIpc) is 2.50. The van der Waals surface area contributed by atoms with Gasteiger partial charge in [-0.05, 0) is 19.1 Å². The Morgan fingerprint density at radius 2 is 1.81 bits per heavy atom. The topological polar surface area (TPSA) is 61.7 Å². The molecule has 0 aliphatic heterocycles. The van der Waals surface area contributed by atoms with Gasteiger partial charge in [0.15, 0.2) is 0 Å². The van der Waals surface area contributed by atoms with E-state index in [0.29, 0.717) is 18.8 Å². The van der Waals surface area contributed by atoms with Crippen molar-refractivity contribution in [3.8, 4) is 11.5 Å². The van der Waals surface area contributed by atoms with Gasteiger partial charge in [-0.25, -0.2) is 0 Å². The second-order valence-corrected chi connectivity index (χ2v) is 4.92. The number of benzene rings is 2. The molecule has 0 radical (unpaired) electrons. The zero-order valence-electron chi connectivity index (χ0n) is 12.2. The molecule has 0 fully saturated rings. The van der Waals surface area contributed by atoms with Crippen molar-refractivity contribution >= 4 is 0 Å². The predicted octanol–water partition coefficient (Wildman–Crippen LogP) is 2.36. The lowest BCUT2D eigenvalue weighted by atomic mass is 10.1. The van der Waals surface area contributed by atoms with Crippen molar-refractivity contribution in [2.24, 2.45) is 0 Å². The van der Waals surface area contributed by atoms with Crippen molar-refractivity contribution in [1.29, 1.82) is 0 Å². The van der Waals surface area contributed by atoms with Gasteiger partial charge in [0.25, 0.3) is 0 Å². The van der Waals surface area contributed by atoms with Crippen LogP contribution in [0.15, 0.2) is 42.5 Å². The fourth-order valence-electron chi connectivity index (χ4n) is 2.13. The normalized spacial score (nSPS) is 10.6. The van der Waals surface area contributed by atoms with E-state index in [1.807, 2.05) is 43.3 Å². The van der Waals surface area contributed by atoms with E-state index < -0.39 is 0 Å². The summed E-state index contributed by atoms with van der Waals surface area (Å²) >= 11 is 0. The fraction of sp³-hybridized carbons (Fsp3) is 0.294. The van der Waals surface area contributed by atoms with Crippen LogP contribution in [-0.2, 0) is 13.1 Å². The second-order valence-electron chi connectivity index (χ2n) is 4.92. The van der Waals surface area contributed by atoms with Crippen LogP contribution in [0.5, 0.6) is 11.5 Å². The third kappa shape index (κ3) is 4.48. The molecule has 0 aliphatic carbocycles. The molecule has 3 N–H and O–H groups in total. The van der Waals surface area contributed by atoms with Gasteiger partial charge in [-0.15, -0.1) is 0 Å². The van der Waals surface area contributed by atoms with Crippen molar-refractivity contribution in [3.05, 3.63) is 59.2 Å². The highest BCUT2D eigenvalue weighted by molar-refractivity contribution is 5.36. The maximum Gasteiger partial charge on any atom is 0.123 e. The SMILES string of the molecule is Cc1ccc(O)c(CNCc2ccccc2OCCO)c1. The summed E-state index contributed by atoms with van der Waals surface area (Å²) in [7, 11) is 0. The van der Waals surface area contributed by atoms with Crippen LogP contribution in [0.4, 0.5) is 0 Å². The summed E-state index contributed by atoms with van der Waals surface area (Å²) in [6.45, 7) is 3.51. The second kappa shape index (κ2) is 7.67. The highest BCUT2D eigenvalue weighted by Crippen LogP contribution is 2.20. The molecule has 2 rings (SSSR count). The Morgan fingerprint density at radius 3 is 2.62 bits per heavy atom. The Morgan fingerprint density at radius 1 is 1.05 bits per heavy atom. The molecule has 0 spiro atoms. The molecule has 0 aromatic heterocycles. The van der Waals surface area contributed by atoms with Gasteiger partial charge in [-0.3, -0.25) is 0 Å². The van der Waals surface area contributed by atoms with Gasteiger partial charge in [0, 0.05) is 24.2 Å². The number of aromatic hydroxyl groups is 1. The van der Waals surface area contributed by atoms with Gasteiger partial charge in [-0.2, -0.15) is 0 Å². The standard InChI is InChI=1S/C17H21NO3/c1-13-6-7-16(20)15(10-13)12-18-11-14-4-2-3-5-17(14)21-9-8-19/h2-7,10,18-20H,8-9,11-12H2,1H3. The quantitative estimate of drug-likeness (QED) is 0.731. The Hall–Kier alpha value is -2.04. The molecule has 2 aromatic carbocycles. The van der Waals surface area contributed by atoms with Crippen LogP contribution in [0.2, 0.25) is 0 Å². The molecule has 0 saturated carbocycles. The zero-order valence-corrected chi connectivity index (χ0v) is 12.2. The number of aryl methyl sites for hydroxylation is 1. The Labute approximate surface area is 125 Å². The lowest BCUT2D eigenvalue weighted by Gasteiger charge is -2.12. The third-order valence-electron chi connectivity index (χ3n) is 3.19. The zero-order chi connectivity index (χ0) is 15.1. The molecule has 0 atom stereocenters. The highest BCUT2D eigenvalue weighted by atomic mass is 16.5. The van der Waals surface area contributed by atoms with Crippen molar-refractivity contribution in [1.82, 2.24) is 5.32 Å². The first-order valence-electron chi connectivity index (χ1n) is 7.01. The molecule has 0 bridgehead atoms. The largest absolute Gasteiger partial charge is 0.508 e. The van der Waals surface area contributed by atoms with Crippen LogP contribution in [0.1, 0.15) is 16.7 Å². The molecular formula is C17H21NO3. The number of hydrogen-bond acceptors (Lipinski definition) is 4. The van der Waals surface area contributed by atoms with Gasteiger partial charge in [-0.1, -0.05) is 35.9 Å². The average molecular weight is 287 g/mol. The first-order valence-corrected chi connectivity index (χ1v) is 7.01. The number of hydrogen-bond donors (Lipinski definition) is 3. The Bertz CT molecular complexity index is 584. The summed E-state index contributed by atoms with van der Waals surface area (Å²) in [5.74, 6) is 1.07. The minimum Gasteiger partial charge on any atom is -0.508 e. The smallest absolute Gasteiger partial charge is 0.123 e. The molecule has 0 unspecified atom stereocenters. The number of aliphatic hydroxyl groups excluding tert-OH is 1. The number of para-hydroxylation sites is 1. The minimum absolute atomic E-state index is 0.00106. The summed E-state index contributed by atoms with van der Waals surface area (Å²) in [5, 5.41) is 21.9. The van der Waals surface area contributed by atoms with Crippen molar-refractivity contribution in [2.45, 2.75) is 20.0 Å². The monoisotopic (exact) mass is 287 g/mol. The van der Waals surface area contributed by atoms with E-state index in [2.05, 4.69) is 5.32 Å². The third-order valence-corrected chi connectivity index (χ3v) is 3.19. The van der Waals surface area contributed by atoms with Gasteiger partial charge in [0.1, 0.15) is 18.1 Å². The summed E-state index contributed by atoms with van der Waals surface area (Å²) < 4.78 is 5.49. The van der Waals surface area contributed by atoms with Crippen molar-refractivity contribution in [2.75, 3.05) is 13.2 Å². The van der Waals surface area contributed by atoms with Crippen molar-refractivity contribution < 1.29 is 14.9 Å². The summed E-state index contributed by atoms with van der Waals surface area (Å²) in [6, 6.07) is 13.3. The molecule has 21 heavy (non-hydrogen) atoms. The van der Waals surface area contributed by atoms with E-state index >= 15 is 0 Å². The molecule has 2 aromatic rings. The molecule has 4 nitrogen and oxygen atoms in total. The lowest BCUT2D eigenvalue weighted by molar-refractivity contribution is 0.200. The van der Waals surface area contributed by atoms with E-state index in [4.69, 9.17) is 9.84 Å². The van der Waals surface area contributed by atoms with Gasteiger partial charge in [0.05, 0.1) is 6.61 Å². The molecule has 0 amide bonds. The molecule has 4 heteroatoms. The molecule has 0 aliphatic rings. The fourth-order valence-corrected chi connectivity index (χ4v) is 2.13. The maximum atomic E-state index is 9.81. The van der Waals surface area contributed by atoms with Crippen LogP contribution >= 0.6 is 0 Å². The Kier molecular flexibility index (Phi) is 5.60. The molecule has 0 saturated heterocycles. The number of nitrogens with one attached hydrogen (secondary N) is 1. The number of phenolic OH excluding ortho intramolecular Hbond substituents is 1. The van der Waals surface area contributed by atoms with E-state index in [9.17, 15) is 5.11 Å². The first-order chi connectivity index (χ1) is 10.2. The minimum atomic E-state index is -0.00106. The summed E-state index contributed by atoms with van der Waals surface area (Å²) in [6.07, 6.45) is 0. The summed E-state index contributed by atoms with van der Waals surface area (Å²) in [5.41, 5.74) is 3.03. The van der Waals surface area contributed by atoms with Crippen LogP contribution in [0.3, 0.4) is 0 Å². The van der Waals surface area contributed by atoms with E-state index in [-0.39, 0.29) is 13.2 Å². The molecule has 112 valence electrons.